The van der Waals surface area contributed by atoms with Crippen molar-refractivity contribution in [1.82, 2.24) is 9.55 Å². The molecule has 3 nitrogen and oxygen atoms in total. The molecule has 0 bridgehead atoms. The van der Waals surface area contributed by atoms with Crippen LogP contribution in [0.15, 0.2) is 11.0 Å². The zero-order valence-electron chi connectivity index (χ0n) is 7.26. The third-order valence-corrected chi connectivity index (χ3v) is 3.02. The molecule has 0 aromatic carbocycles. The van der Waals surface area contributed by atoms with Crippen molar-refractivity contribution in [1.29, 1.82) is 0 Å². The van der Waals surface area contributed by atoms with Gasteiger partial charge < -0.3 is 0 Å². The van der Waals surface area contributed by atoms with Crippen LogP contribution in [0.25, 0.3) is 0 Å². The van der Waals surface area contributed by atoms with Gasteiger partial charge in [-0.25, -0.2) is 4.98 Å². The molecule has 1 aromatic heterocycles. The lowest BCUT2D eigenvalue weighted by Crippen LogP contribution is -2.25. The van der Waals surface area contributed by atoms with E-state index in [0.29, 0.717) is 3.57 Å². The minimum Gasteiger partial charge on any atom is -0.296 e. The molecule has 0 fully saturated rings. The van der Waals surface area contributed by atoms with Crippen molar-refractivity contribution in [3.63, 3.8) is 0 Å². The molecule has 0 aliphatic heterocycles. The Balaban J connectivity index is 3.03. The Morgan fingerprint density at radius 1 is 1.69 bits per heavy atom. The molecular formula is C8H10BrIN2O. The van der Waals surface area contributed by atoms with Crippen LogP contribution in [0, 0.1) is 10.5 Å². The number of halogens is 2. The van der Waals surface area contributed by atoms with Crippen molar-refractivity contribution in [3.8, 4) is 0 Å². The van der Waals surface area contributed by atoms with Crippen LogP contribution in [0.5, 0.6) is 0 Å². The van der Waals surface area contributed by atoms with E-state index >= 15 is 0 Å². The molecule has 0 aliphatic rings. The van der Waals surface area contributed by atoms with Crippen LogP contribution in [0.4, 0.5) is 0 Å². The number of hydrogen-bond acceptors (Lipinski definition) is 2. The minimum atomic E-state index is 0.0639. The smallest absolute Gasteiger partial charge is 0.266 e. The Bertz CT molecular complexity index is 350. The molecule has 1 rings (SSSR count). The summed E-state index contributed by atoms with van der Waals surface area (Å²) in [4.78, 5) is 15.7. The molecule has 0 unspecified atom stereocenters. The highest BCUT2D eigenvalue weighted by Gasteiger charge is 2.03. The van der Waals surface area contributed by atoms with Crippen molar-refractivity contribution < 1.29 is 0 Å². The van der Waals surface area contributed by atoms with Crippen LogP contribution in [0.2, 0.25) is 0 Å². The van der Waals surface area contributed by atoms with Gasteiger partial charge in [0.15, 0.2) is 0 Å². The standard InChI is InChI=1S/C8H10BrIN2O/c1-6-11-5-7(10)8(13)12(6)4-2-3-9/h5H,2-4H2,1H3. The summed E-state index contributed by atoms with van der Waals surface area (Å²) in [5, 5.41) is 0.907. The molecule has 0 saturated heterocycles. The summed E-state index contributed by atoms with van der Waals surface area (Å²) < 4.78 is 2.39. The van der Waals surface area contributed by atoms with E-state index in [1.807, 2.05) is 29.5 Å². The maximum Gasteiger partial charge on any atom is 0.266 e. The van der Waals surface area contributed by atoms with Crippen molar-refractivity contribution in [3.05, 3.63) is 25.9 Å². The highest BCUT2D eigenvalue weighted by Crippen LogP contribution is 1.99. The van der Waals surface area contributed by atoms with Gasteiger partial charge in [-0.3, -0.25) is 9.36 Å². The second-order valence-electron chi connectivity index (χ2n) is 2.65. The van der Waals surface area contributed by atoms with E-state index in [4.69, 9.17) is 0 Å². The Hall–Kier alpha value is 0.0900. The van der Waals surface area contributed by atoms with Crippen molar-refractivity contribution in [2.45, 2.75) is 19.9 Å². The van der Waals surface area contributed by atoms with Gasteiger partial charge in [-0.15, -0.1) is 0 Å². The normalized spacial score (nSPS) is 10.4. The Kier molecular flexibility index (Phi) is 4.37. The summed E-state index contributed by atoms with van der Waals surface area (Å²) in [5.41, 5.74) is 0.0639. The van der Waals surface area contributed by atoms with Gasteiger partial charge >= 0.3 is 0 Å². The lowest BCUT2D eigenvalue weighted by molar-refractivity contribution is 0.619. The molecule has 0 amide bonds. The zero-order valence-corrected chi connectivity index (χ0v) is 11.0. The molecule has 1 heterocycles. The topological polar surface area (TPSA) is 34.9 Å². The molecule has 0 saturated carbocycles. The first kappa shape index (κ1) is 11.2. The van der Waals surface area contributed by atoms with E-state index in [1.54, 1.807) is 10.8 Å². The number of rotatable bonds is 3. The highest BCUT2D eigenvalue weighted by atomic mass is 127. The Morgan fingerprint density at radius 2 is 2.38 bits per heavy atom. The van der Waals surface area contributed by atoms with Crippen LogP contribution in [-0.4, -0.2) is 14.9 Å². The van der Waals surface area contributed by atoms with E-state index in [1.165, 1.54) is 0 Å². The number of hydrogen-bond donors (Lipinski definition) is 0. The van der Waals surface area contributed by atoms with Crippen molar-refractivity contribution in [2.24, 2.45) is 0 Å². The molecular weight excluding hydrogens is 347 g/mol. The van der Waals surface area contributed by atoms with Crippen LogP contribution in [-0.2, 0) is 6.54 Å². The quantitative estimate of drug-likeness (QED) is 0.612. The summed E-state index contributed by atoms with van der Waals surface area (Å²) in [6.07, 6.45) is 2.56. The van der Waals surface area contributed by atoms with E-state index in [-0.39, 0.29) is 5.56 Å². The minimum absolute atomic E-state index is 0.0639. The predicted molar refractivity (Wildman–Crippen MR) is 64.4 cm³/mol. The molecule has 0 aliphatic carbocycles. The number of alkyl halides is 1. The first-order chi connectivity index (χ1) is 6.16. The second-order valence-corrected chi connectivity index (χ2v) is 4.61. The SMILES string of the molecule is Cc1ncc(I)c(=O)n1CCCBr. The number of nitrogens with zero attached hydrogens (tertiary/aromatic N) is 2. The third kappa shape index (κ3) is 2.77. The van der Waals surface area contributed by atoms with Crippen molar-refractivity contribution in [2.75, 3.05) is 5.33 Å². The molecule has 0 spiro atoms. The fraction of sp³-hybridized carbons (Fsp3) is 0.500. The number of aryl methyl sites for hydroxylation is 1. The summed E-state index contributed by atoms with van der Waals surface area (Å²) in [6.45, 7) is 2.59. The molecule has 0 N–H and O–H groups in total. The molecule has 5 heteroatoms. The summed E-state index contributed by atoms with van der Waals surface area (Å²) in [6, 6.07) is 0. The molecule has 0 radical (unpaired) electrons. The van der Waals surface area contributed by atoms with Gasteiger partial charge in [-0.2, -0.15) is 0 Å². The van der Waals surface area contributed by atoms with Crippen LogP contribution < -0.4 is 5.56 Å². The summed E-state index contributed by atoms with van der Waals surface area (Å²) in [7, 11) is 0. The first-order valence-electron chi connectivity index (χ1n) is 3.94. The fourth-order valence-electron chi connectivity index (χ4n) is 1.03. The Morgan fingerprint density at radius 3 is 3.00 bits per heavy atom. The zero-order chi connectivity index (χ0) is 9.84. The third-order valence-electron chi connectivity index (χ3n) is 1.72. The molecule has 1 aromatic rings. The first-order valence-corrected chi connectivity index (χ1v) is 6.14. The average Bonchev–Trinajstić information content (AvgIpc) is 2.12. The molecule has 0 atom stereocenters. The lowest BCUT2D eigenvalue weighted by atomic mass is 10.4. The fourth-order valence-corrected chi connectivity index (χ4v) is 1.71. The van der Waals surface area contributed by atoms with Crippen molar-refractivity contribution >= 4 is 38.5 Å². The highest BCUT2D eigenvalue weighted by molar-refractivity contribution is 14.1. The van der Waals surface area contributed by atoms with E-state index in [0.717, 1.165) is 24.1 Å². The van der Waals surface area contributed by atoms with E-state index in [9.17, 15) is 4.79 Å². The maximum absolute atomic E-state index is 11.6. The lowest BCUT2D eigenvalue weighted by Gasteiger charge is -2.07. The van der Waals surface area contributed by atoms with Gasteiger partial charge in [-0.1, -0.05) is 15.9 Å². The van der Waals surface area contributed by atoms with Gasteiger partial charge in [0.2, 0.25) is 0 Å². The van der Waals surface area contributed by atoms with Crippen LogP contribution in [0.3, 0.4) is 0 Å². The second kappa shape index (κ2) is 5.09. The number of aromatic nitrogens is 2. The average molecular weight is 357 g/mol. The maximum atomic E-state index is 11.6. The van der Waals surface area contributed by atoms with E-state index in [2.05, 4.69) is 20.9 Å². The van der Waals surface area contributed by atoms with Gasteiger partial charge in [0.05, 0.1) is 3.57 Å². The summed E-state index contributed by atoms with van der Waals surface area (Å²) >= 11 is 5.35. The molecule has 72 valence electrons. The van der Waals surface area contributed by atoms with Gasteiger partial charge in [0.1, 0.15) is 5.82 Å². The monoisotopic (exact) mass is 356 g/mol. The Labute approximate surface area is 98.8 Å². The predicted octanol–water partition coefficient (Wildman–Crippen LogP) is 1.94. The van der Waals surface area contributed by atoms with Gasteiger partial charge in [-0.05, 0) is 35.9 Å². The largest absolute Gasteiger partial charge is 0.296 e. The van der Waals surface area contributed by atoms with Gasteiger partial charge in [0.25, 0.3) is 5.56 Å². The van der Waals surface area contributed by atoms with Gasteiger partial charge in [0, 0.05) is 18.1 Å². The summed E-state index contributed by atoms with van der Waals surface area (Å²) in [5.74, 6) is 0.784. The molecule has 13 heavy (non-hydrogen) atoms. The van der Waals surface area contributed by atoms with Crippen LogP contribution in [0.1, 0.15) is 12.2 Å². The van der Waals surface area contributed by atoms with E-state index < -0.39 is 0 Å². The van der Waals surface area contributed by atoms with Crippen LogP contribution >= 0.6 is 38.5 Å².